The van der Waals surface area contributed by atoms with Crippen molar-refractivity contribution >= 4 is 43.6 Å². The Kier molecular flexibility index (Phi) is 27.3. The fourth-order valence-corrected chi connectivity index (χ4v) is 21.8. The Balaban J connectivity index is 0.000000114. The lowest BCUT2D eigenvalue weighted by atomic mass is 9.50. The smallest absolute Gasteiger partial charge is 0.435 e. The van der Waals surface area contributed by atoms with E-state index in [2.05, 4.69) is 79.3 Å². The topological polar surface area (TPSA) is 209 Å². The van der Waals surface area contributed by atoms with Crippen LogP contribution >= 0.6 is 0 Å². The molecule has 5 saturated carbocycles. The van der Waals surface area contributed by atoms with Gasteiger partial charge in [0.2, 0.25) is 0 Å². The Morgan fingerprint density at radius 1 is 0.371 bits per heavy atom. The SMILES string of the molecule is Cc1nn(CCN2CCCC2)c2ccc(-n3ccc(OCc4ccccc4)cc3=O)cc12.O=c1cc(OCC23CC4CC(CC(C4)C2)C3)ccn1-c1ccc2c(cnn2CCN2CCCC2)c1.O=c1cc(OCC2CCCC2)ccn1-c1ccc2c(cnn2CCN2CCCC2)c1.O=c1cc(OCc2ccccc2)ccn1-c1ccc2c(c1)c(C(F)(F)F)nn2CCN1CCCC1. The van der Waals surface area contributed by atoms with E-state index in [1.54, 1.807) is 56.3 Å². The van der Waals surface area contributed by atoms with Crippen LogP contribution in [0.1, 0.15) is 138 Å². The highest BCUT2D eigenvalue weighted by Crippen LogP contribution is 2.60. The number of nitrogens with zero attached hydrogens (tertiary/aromatic N) is 16. The van der Waals surface area contributed by atoms with Gasteiger partial charge in [0.05, 0.1) is 79.5 Å². The zero-order valence-corrected chi connectivity index (χ0v) is 75.5. The molecule has 0 radical (unpaired) electrons. The van der Waals surface area contributed by atoms with Crippen LogP contribution < -0.4 is 41.2 Å². The Hall–Kier alpha value is -12.2. The van der Waals surface area contributed by atoms with E-state index in [1.807, 2.05) is 135 Å². The average Bonchev–Trinajstić information content (AvgIpc) is 1.41. The quantitative estimate of drug-likeness (QED) is 0.0446. The van der Waals surface area contributed by atoms with Crippen LogP contribution in [-0.2, 0) is 45.6 Å². The maximum absolute atomic E-state index is 13.8. The maximum Gasteiger partial charge on any atom is 0.435 e. The monoisotopic (exact) mass is 1790 g/mol. The van der Waals surface area contributed by atoms with Gasteiger partial charge in [-0.05, 0) is 294 Å². The van der Waals surface area contributed by atoms with Crippen molar-refractivity contribution in [3.8, 4) is 45.7 Å². The molecule has 0 spiro atoms. The van der Waals surface area contributed by atoms with Crippen molar-refractivity contribution < 1.29 is 32.1 Å². The van der Waals surface area contributed by atoms with E-state index in [0.29, 0.717) is 78.4 Å². The summed E-state index contributed by atoms with van der Waals surface area (Å²) >= 11 is 0. The average molecular weight is 1790 g/mol. The first-order valence-corrected chi connectivity index (χ1v) is 47.8. The molecule has 27 heteroatoms. The van der Waals surface area contributed by atoms with Crippen molar-refractivity contribution in [3.63, 3.8) is 0 Å². The van der Waals surface area contributed by atoms with Crippen LogP contribution in [0.25, 0.3) is 66.4 Å². The van der Waals surface area contributed by atoms with Crippen LogP contribution in [0.15, 0.2) is 238 Å². The summed E-state index contributed by atoms with van der Waals surface area (Å²) in [5.74, 6) is 5.71. The number of aromatic nitrogens is 12. The number of fused-ring (bicyclic) bond motifs is 4. The van der Waals surface area contributed by atoms with E-state index in [4.69, 9.17) is 24.0 Å². The first-order valence-electron chi connectivity index (χ1n) is 47.8. The number of likely N-dealkylation sites (tertiary alicyclic amines) is 4. The second kappa shape index (κ2) is 40.5. The zero-order chi connectivity index (χ0) is 90.1. The fraction of sp³-hybridized carbons (Fsp3) is 0.429. The van der Waals surface area contributed by atoms with Crippen molar-refractivity contribution in [3.05, 3.63) is 283 Å². The van der Waals surface area contributed by atoms with Crippen LogP contribution in [0.4, 0.5) is 13.2 Å². The molecule has 8 aromatic heterocycles. The van der Waals surface area contributed by atoms with Gasteiger partial charge in [0.15, 0.2) is 5.69 Å². The van der Waals surface area contributed by atoms with Gasteiger partial charge in [-0.3, -0.25) is 56.2 Å². The van der Waals surface area contributed by atoms with Gasteiger partial charge < -0.3 is 38.5 Å². The summed E-state index contributed by atoms with van der Waals surface area (Å²) in [6.45, 7) is 20.2. The number of benzene rings is 6. The molecular formula is C105H119F3N16O8. The molecule has 0 unspecified atom stereocenters. The van der Waals surface area contributed by atoms with E-state index in [0.717, 1.165) is 156 Å². The Bertz CT molecular complexity index is 6520. The van der Waals surface area contributed by atoms with Gasteiger partial charge in [-0.1, -0.05) is 73.5 Å². The number of aryl methyl sites for hydroxylation is 1. The summed E-state index contributed by atoms with van der Waals surface area (Å²) in [5, 5.41) is 21.0. The lowest BCUT2D eigenvalue weighted by molar-refractivity contribution is -0.140. The molecule has 688 valence electrons. The third kappa shape index (κ3) is 21.3. The first kappa shape index (κ1) is 89.1. The van der Waals surface area contributed by atoms with Gasteiger partial charge in [0.25, 0.3) is 22.2 Å². The molecule has 0 amide bonds. The highest BCUT2D eigenvalue weighted by molar-refractivity contribution is 5.86. The molecule has 9 aliphatic rings. The predicted molar refractivity (Wildman–Crippen MR) is 509 cm³/mol. The molecule has 9 fully saturated rings. The maximum atomic E-state index is 13.8. The van der Waals surface area contributed by atoms with Gasteiger partial charge in [0, 0.05) is 125 Å². The van der Waals surface area contributed by atoms with Crippen molar-refractivity contribution in [2.24, 2.45) is 29.1 Å². The van der Waals surface area contributed by atoms with Crippen molar-refractivity contribution in [2.45, 2.75) is 168 Å². The lowest BCUT2D eigenvalue weighted by Gasteiger charge is -2.56. The fourth-order valence-electron chi connectivity index (χ4n) is 21.8. The molecule has 5 aliphatic carbocycles. The Morgan fingerprint density at radius 3 is 1.13 bits per heavy atom. The molecule has 4 bridgehead atoms. The number of ether oxygens (including phenoxy) is 4. The molecule has 0 N–H and O–H groups in total. The summed E-state index contributed by atoms with van der Waals surface area (Å²) in [7, 11) is 0. The van der Waals surface area contributed by atoms with Crippen LogP contribution in [-0.4, -0.2) is 169 Å². The first-order chi connectivity index (χ1) is 64.4. The minimum atomic E-state index is -4.60. The number of rotatable bonds is 28. The lowest BCUT2D eigenvalue weighted by Crippen LogP contribution is -2.48. The van der Waals surface area contributed by atoms with E-state index in [9.17, 15) is 32.3 Å². The van der Waals surface area contributed by atoms with Crippen LogP contribution in [0.3, 0.4) is 0 Å². The van der Waals surface area contributed by atoms with E-state index in [-0.39, 0.29) is 22.1 Å². The van der Waals surface area contributed by atoms with E-state index >= 15 is 0 Å². The molecule has 14 aromatic rings. The third-order valence-corrected chi connectivity index (χ3v) is 28.3. The zero-order valence-electron chi connectivity index (χ0n) is 75.5. The minimum absolute atomic E-state index is 0.0206. The van der Waals surface area contributed by atoms with Crippen molar-refractivity contribution in [2.75, 3.05) is 91.8 Å². The molecular weight excluding hydrogens is 1670 g/mol. The summed E-state index contributed by atoms with van der Waals surface area (Å²) in [5.41, 5.74) is 8.44. The van der Waals surface area contributed by atoms with Crippen LogP contribution in [0.2, 0.25) is 0 Å². The number of halogens is 3. The summed E-state index contributed by atoms with van der Waals surface area (Å²) in [6, 6.07) is 55.9. The number of hydrogen-bond donors (Lipinski definition) is 0. The number of hydrogen-bond acceptors (Lipinski definition) is 16. The van der Waals surface area contributed by atoms with Crippen LogP contribution in [0.5, 0.6) is 23.0 Å². The number of alkyl halides is 3. The Labute approximate surface area is 766 Å². The van der Waals surface area contributed by atoms with Crippen molar-refractivity contribution in [1.82, 2.24) is 77.0 Å². The molecule has 23 rings (SSSR count). The second-order valence-corrected chi connectivity index (χ2v) is 37.7. The van der Waals surface area contributed by atoms with Gasteiger partial charge in [-0.2, -0.15) is 33.6 Å². The molecule has 12 heterocycles. The van der Waals surface area contributed by atoms with Gasteiger partial charge in [-0.25, -0.2) is 0 Å². The molecule has 132 heavy (non-hydrogen) atoms. The highest BCUT2D eigenvalue weighted by atomic mass is 19.4. The van der Waals surface area contributed by atoms with Gasteiger partial charge in [-0.15, -0.1) is 0 Å². The molecule has 0 atom stereocenters. The third-order valence-electron chi connectivity index (χ3n) is 28.3. The summed E-state index contributed by atoms with van der Waals surface area (Å²) < 4.78 is 79.0. The number of pyridine rings is 4. The molecule has 4 saturated heterocycles. The molecule has 24 nitrogen and oxygen atoms in total. The summed E-state index contributed by atoms with van der Waals surface area (Å²) in [6.07, 6.45) is 29.6. The minimum Gasteiger partial charge on any atom is -0.493 e. The molecule has 4 aliphatic heterocycles. The standard InChI is InChI=1S/C29H36N4O2.C26H25F3N4O2.C26H28N4O2.C24H30N4O2/c34-28-15-26(35-20-29-16-21-11-22(17-29)13-23(12-21)18-29)5-8-32(28)25-3-4-27-24(14-25)19-30-33(27)10-9-31-6-1-2-7-31;27-26(28,29)25-22-16-20(8-9-23(22)33(30-25)15-14-31-11-4-5-12-31)32-13-10-21(17-24(32)34)35-18-19-6-2-1-3-7-19;1-20-24-17-22(9-10-25(24)30(27-20)16-15-28-12-5-6-13-28)29-14-11-23(18-26(29)31)32-19-21-7-3-2-4-8-21;29-24-16-22(30-18-19-5-1-2-6-19)9-12-27(24)21-7-8-23-20(15-21)17-25-28(23)14-13-26-10-3-4-11-26/h3-5,8,14-15,19,21-23H,1-2,6-7,9-13,16-18,20H2;1-3,6-10,13,16-17H,4-5,11-12,14-15,18H2;2-4,7-11,14,17-18H,5-6,12-13,15-16,19H2,1H3;7-9,12,15-17,19H,1-6,10-11,13-14,18H2. The van der Waals surface area contributed by atoms with Crippen LogP contribution in [0, 0.1) is 36.0 Å². The largest absolute Gasteiger partial charge is 0.493 e. The Morgan fingerprint density at radius 2 is 0.727 bits per heavy atom. The van der Waals surface area contributed by atoms with E-state index in [1.165, 1.54) is 170 Å². The van der Waals surface area contributed by atoms with E-state index < -0.39 is 17.4 Å². The second-order valence-electron chi connectivity index (χ2n) is 37.7. The normalized spacial score (nSPS) is 19.3. The predicted octanol–water partition coefficient (Wildman–Crippen LogP) is 17.8. The highest BCUT2D eigenvalue weighted by Gasteiger charge is 2.51. The van der Waals surface area contributed by atoms with Gasteiger partial charge >= 0.3 is 6.18 Å². The summed E-state index contributed by atoms with van der Waals surface area (Å²) in [4.78, 5) is 61.0. The van der Waals surface area contributed by atoms with Gasteiger partial charge in [0.1, 0.15) is 36.2 Å². The molecule has 6 aromatic carbocycles. The van der Waals surface area contributed by atoms with Crippen molar-refractivity contribution in [1.29, 1.82) is 0 Å².